The van der Waals surface area contributed by atoms with Crippen LogP contribution in [0.1, 0.15) is 29.3 Å². The fraction of sp³-hybridized carbons (Fsp3) is 0.462. The van der Waals surface area contributed by atoms with Gasteiger partial charge in [-0.3, -0.25) is 0 Å². The highest BCUT2D eigenvalue weighted by atomic mass is 32.2. The van der Waals surface area contributed by atoms with Crippen molar-refractivity contribution in [2.45, 2.75) is 20.3 Å². The third kappa shape index (κ3) is 4.30. The van der Waals surface area contributed by atoms with E-state index in [-0.39, 0.29) is 5.56 Å². The molecule has 0 spiro atoms. The number of carbonyl (C=O) groups is 1. The maximum absolute atomic E-state index is 11.0. The number of ether oxygens (including phenoxy) is 1. The second-order valence-electron chi connectivity index (χ2n) is 3.66. The zero-order chi connectivity index (χ0) is 12.7. The maximum Gasteiger partial charge on any atom is 0.339 e. The third-order valence-corrected chi connectivity index (χ3v) is 3.31. The molecule has 0 atom stereocenters. The van der Waals surface area contributed by atoms with Crippen molar-refractivity contribution in [2.24, 2.45) is 0 Å². The first-order valence-corrected chi connectivity index (χ1v) is 6.85. The van der Waals surface area contributed by atoms with Crippen LogP contribution >= 0.6 is 11.8 Å². The van der Waals surface area contributed by atoms with Gasteiger partial charge in [-0.05, 0) is 36.5 Å². The first-order valence-electron chi connectivity index (χ1n) is 5.70. The van der Waals surface area contributed by atoms with E-state index in [1.54, 1.807) is 12.1 Å². The van der Waals surface area contributed by atoms with E-state index in [4.69, 9.17) is 9.84 Å². The van der Waals surface area contributed by atoms with Crippen LogP contribution in [0.5, 0.6) is 5.75 Å². The van der Waals surface area contributed by atoms with E-state index < -0.39 is 5.97 Å². The molecular formula is C13H18O3S. The minimum atomic E-state index is -0.938. The van der Waals surface area contributed by atoms with Gasteiger partial charge in [0, 0.05) is 0 Å². The van der Waals surface area contributed by atoms with E-state index in [1.807, 2.05) is 24.8 Å². The molecule has 4 heteroatoms. The van der Waals surface area contributed by atoms with E-state index in [1.165, 1.54) is 0 Å². The first kappa shape index (κ1) is 13.9. The van der Waals surface area contributed by atoms with Crippen LogP contribution in [-0.4, -0.2) is 29.2 Å². The molecule has 1 rings (SSSR count). The topological polar surface area (TPSA) is 46.5 Å². The second-order valence-corrected chi connectivity index (χ2v) is 5.05. The molecule has 0 fully saturated rings. The van der Waals surface area contributed by atoms with Gasteiger partial charge in [-0.15, -0.1) is 0 Å². The zero-order valence-electron chi connectivity index (χ0n) is 10.2. The van der Waals surface area contributed by atoms with Crippen LogP contribution in [-0.2, 0) is 0 Å². The number of hydrogen-bond acceptors (Lipinski definition) is 3. The average Bonchev–Trinajstić information content (AvgIpc) is 2.30. The van der Waals surface area contributed by atoms with E-state index in [0.29, 0.717) is 12.4 Å². The fourth-order valence-electron chi connectivity index (χ4n) is 1.49. The van der Waals surface area contributed by atoms with Gasteiger partial charge in [0.2, 0.25) is 0 Å². The van der Waals surface area contributed by atoms with E-state index in [2.05, 4.69) is 6.92 Å². The summed E-state index contributed by atoms with van der Waals surface area (Å²) in [4.78, 5) is 11.0. The average molecular weight is 254 g/mol. The Morgan fingerprint density at radius 3 is 2.88 bits per heavy atom. The van der Waals surface area contributed by atoms with Gasteiger partial charge in [0.05, 0.1) is 6.61 Å². The Balaban J connectivity index is 2.60. The van der Waals surface area contributed by atoms with Gasteiger partial charge in [-0.1, -0.05) is 19.1 Å². The molecule has 1 aromatic rings. The van der Waals surface area contributed by atoms with Gasteiger partial charge in [0.1, 0.15) is 11.3 Å². The van der Waals surface area contributed by atoms with Crippen LogP contribution in [0.3, 0.4) is 0 Å². The Hall–Kier alpha value is -1.16. The number of aryl methyl sites for hydroxylation is 1. The van der Waals surface area contributed by atoms with Gasteiger partial charge in [-0.25, -0.2) is 4.79 Å². The molecule has 17 heavy (non-hydrogen) atoms. The van der Waals surface area contributed by atoms with Crippen LogP contribution < -0.4 is 4.74 Å². The lowest BCUT2D eigenvalue weighted by atomic mass is 10.1. The number of rotatable bonds is 7. The molecular weight excluding hydrogens is 236 g/mol. The summed E-state index contributed by atoms with van der Waals surface area (Å²) < 4.78 is 5.58. The SMILES string of the molecule is CCSCCCOc1c(C)cccc1C(=O)O. The summed E-state index contributed by atoms with van der Waals surface area (Å²) in [6.07, 6.45) is 0.936. The number of carboxylic acids is 1. The van der Waals surface area contributed by atoms with Crippen molar-refractivity contribution in [3.05, 3.63) is 29.3 Å². The van der Waals surface area contributed by atoms with Gasteiger partial charge >= 0.3 is 5.97 Å². The Morgan fingerprint density at radius 2 is 2.24 bits per heavy atom. The Labute approximate surface area is 106 Å². The minimum absolute atomic E-state index is 0.244. The first-order chi connectivity index (χ1) is 8.16. The predicted molar refractivity (Wildman–Crippen MR) is 71.2 cm³/mol. The van der Waals surface area contributed by atoms with Crippen LogP contribution in [0.2, 0.25) is 0 Å². The quantitative estimate of drug-likeness (QED) is 0.759. The molecule has 0 aromatic heterocycles. The zero-order valence-corrected chi connectivity index (χ0v) is 11.0. The number of thioether (sulfide) groups is 1. The highest BCUT2D eigenvalue weighted by Gasteiger charge is 2.12. The summed E-state index contributed by atoms with van der Waals surface area (Å²) in [6, 6.07) is 5.17. The molecule has 0 heterocycles. The molecule has 0 aliphatic rings. The number of para-hydroxylation sites is 1. The summed E-state index contributed by atoms with van der Waals surface area (Å²) in [5, 5.41) is 9.05. The van der Waals surface area contributed by atoms with E-state index >= 15 is 0 Å². The van der Waals surface area contributed by atoms with Crippen LogP contribution in [0, 0.1) is 6.92 Å². The molecule has 0 radical (unpaired) electrons. The minimum Gasteiger partial charge on any atom is -0.492 e. The molecule has 1 aromatic carbocycles. The van der Waals surface area contributed by atoms with Gasteiger partial charge < -0.3 is 9.84 Å². The molecule has 3 nitrogen and oxygen atoms in total. The Kier molecular flexibility index (Phi) is 5.91. The fourth-order valence-corrected chi connectivity index (χ4v) is 2.10. The lowest BCUT2D eigenvalue weighted by Gasteiger charge is -2.11. The molecule has 1 N–H and O–H groups in total. The highest BCUT2D eigenvalue weighted by molar-refractivity contribution is 7.99. The number of benzene rings is 1. The van der Waals surface area contributed by atoms with Crippen molar-refractivity contribution in [1.29, 1.82) is 0 Å². The van der Waals surface area contributed by atoms with Crippen molar-refractivity contribution >= 4 is 17.7 Å². The van der Waals surface area contributed by atoms with E-state index in [9.17, 15) is 4.79 Å². The van der Waals surface area contributed by atoms with Crippen molar-refractivity contribution in [3.63, 3.8) is 0 Å². The summed E-state index contributed by atoms with van der Waals surface area (Å²) in [6.45, 7) is 4.55. The van der Waals surface area contributed by atoms with Crippen LogP contribution in [0.25, 0.3) is 0 Å². The third-order valence-electron chi connectivity index (χ3n) is 2.33. The molecule has 0 saturated heterocycles. The van der Waals surface area contributed by atoms with Crippen molar-refractivity contribution in [3.8, 4) is 5.75 Å². The molecule has 0 saturated carbocycles. The lowest BCUT2D eigenvalue weighted by Crippen LogP contribution is -2.06. The van der Waals surface area contributed by atoms with E-state index in [0.717, 1.165) is 23.5 Å². The normalized spacial score (nSPS) is 10.2. The highest BCUT2D eigenvalue weighted by Crippen LogP contribution is 2.23. The van der Waals surface area contributed by atoms with Gasteiger partial charge in [0.25, 0.3) is 0 Å². The van der Waals surface area contributed by atoms with Crippen LogP contribution in [0.15, 0.2) is 18.2 Å². The number of aromatic carboxylic acids is 1. The van der Waals surface area contributed by atoms with Crippen molar-refractivity contribution in [2.75, 3.05) is 18.1 Å². The van der Waals surface area contributed by atoms with Gasteiger partial charge in [0.15, 0.2) is 0 Å². The summed E-state index contributed by atoms with van der Waals surface area (Å²) >= 11 is 1.86. The number of hydrogen-bond donors (Lipinski definition) is 1. The largest absolute Gasteiger partial charge is 0.492 e. The lowest BCUT2D eigenvalue weighted by molar-refractivity contribution is 0.0692. The molecule has 0 unspecified atom stereocenters. The Bertz CT molecular complexity index is 377. The summed E-state index contributed by atoms with van der Waals surface area (Å²) in [7, 11) is 0. The van der Waals surface area contributed by atoms with Crippen molar-refractivity contribution in [1.82, 2.24) is 0 Å². The standard InChI is InChI=1S/C13H18O3S/c1-3-17-9-5-8-16-12-10(2)6-4-7-11(12)13(14)15/h4,6-7H,3,5,8-9H2,1-2H3,(H,14,15). The molecule has 0 aliphatic heterocycles. The summed E-state index contributed by atoms with van der Waals surface area (Å²) in [5.74, 6) is 1.71. The molecule has 0 aliphatic carbocycles. The monoisotopic (exact) mass is 254 g/mol. The predicted octanol–water partition coefficient (Wildman–Crippen LogP) is 3.22. The second kappa shape index (κ2) is 7.22. The van der Waals surface area contributed by atoms with Gasteiger partial charge in [-0.2, -0.15) is 11.8 Å². The maximum atomic E-state index is 11.0. The Morgan fingerprint density at radius 1 is 1.47 bits per heavy atom. The smallest absolute Gasteiger partial charge is 0.339 e. The number of carboxylic acid groups (broad SMARTS) is 1. The van der Waals surface area contributed by atoms with Crippen LogP contribution in [0.4, 0.5) is 0 Å². The molecule has 0 bridgehead atoms. The summed E-state index contributed by atoms with van der Waals surface area (Å²) in [5.41, 5.74) is 1.11. The van der Waals surface area contributed by atoms with Crippen molar-refractivity contribution < 1.29 is 14.6 Å². The molecule has 0 amide bonds. The molecule has 94 valence electrons.